The van der Waals surface area contributed by atoms with Crippen molar-refractivity contribution in [2.24, 2.45) is 0 Å². The van der Waals surface area contributed by atoms with Crippen LogP contribution in [-0.2, 0) is 12.8 Å². The van der Waals surface area contributed by atoms with Gasteiger partial charge in [-0.3, -0.25) is 4.79 Å². The predicted molar refractivity (Wildman–Crippen MR) is 100 cm³/mol. The van der Waals surface area contributed by atoms with Crippen LogP contribution < -0.4 is 10.4 Å². The Morgan fingerprint density at radius 3 is 2.54 bits per heavy atom. The molecule has 0 saturated carbocycles. The Bertz CT molecular complexity index is 1060. The Morgan fingerprint density at radius 1 is 1.04 bits per heavy atom. The molecule has 1 aliphatic rings. The molecule has 4 rings (SSSR count). The second-order valence-electron chi connectivity index (χ2n) is 6.91. The average Bonchev–Trinajstić information content (AvgIpc) is 3.10. The lowest BCUT2D eigenvalue weighted by atomic mass is 10.0. The predicted octanol–water partition coefficient (Wildman–Crippen LogP) is 4.16. The van der Waals surface area contributed by atoms with Crippen molar-refractivity contribution < 1.29 is 13.9 Å². The monoisotopic (exact) mass is 348 g/mol. The minimum atomic E-state index is -0.253. The first-order valence-electron chi connectivity index (χ1n) is 8.85. The van der Waals surface area contributed by atoms with E-state index in [1.807, 2.05) is 50.2 Å². The first-order chi connectivity index (χ1) is 12.5. The summed E-state index contributed by atoms with van der Waals surface area (Å²) in [5.41, 5.74) is 4.70. The van der Waals surface area contributed by atoms with Crippen molar-refractivity contribution in [3.8, 4) is 5.75 Å². The van der Waals surface area contributed by atoms with Crippen LogP contribution in [-0.4, -0.2) is 12.4 Å². The van der Waals surface area contributed by atoms with Gasteiger partial charge in [0, 0.05) is 11.1 Å². The third-order valence-corrected chi connectivity index (χ3v) is 4.91. The largest absolute Gasteiger partial charge is 0.485 e. The van der Waals surface area contributed by atoms with Gasteiger partial charge in [0.15, 0.2) is 12.4 Å². The molecule has 0 aliphatic heterocycles. The van der Waals surface area contributed by atoms with E-state index in [4.69, 9.17) is 9.15 Å². The number of carbonyl (C=O) groups excluding carboxylic acids is 1. The highest BCUT2D eigenvalue weighted by Gasteiger charge is 2.22. The molecule has 0 fully saturated rings. The summed E-state index contributed by atoms with van der Waals surface area (Å²) in [5.74, 6) is 0.538. The lowest BCUT2D eigenvalue weighted by molar-refractivity contribution is 0.0922. The molecule has 4 heteroatoms. The van der Waals surface area contributed by atoms with Crippen LogP contribution in [0.5, 0.6) is 5.75 Å². The van der Waals surface area contributed by atoms with Crippen LogP contribution >= 0.6 is 0 Å². The number of Topliss-reactive ketones (excluding diaryl/α,β-unsaturated/α-hetero) is 1. The lowest BCUT2D eigenvalue weighted by Crippen LogP contribution is -2.13. The van der Waals surface area contributed by atoms with Gasteiger partial charge in [0.1, 0.15) is 11.3 Å². The lowest BCUT2D eigenvalue weighted by Gasteiger charge is -2.12. The number of aryl methyl sites for hydroxylation is 3. The maximum Gasteiger partial charge on any atom is 0.339 e. The molecule has 4 nitrogen and oxygen atoms in total. The van der Waals surface area contributed by atoms with Crippen molar-refractivity contribution >= 4 is 16.8 Å². The van der Waals surface area contributed by atoms with Crippen molar-refractivity contribution in [2.45, 2.75) is 33.1 Å². The molecule has 2 aromatic carbocycles. The van der Waals surface area contributed by atoms with Crippen LogP contribution in [0.1, 0.15) is 39.0 Å². The normalized spacial score (nSPS) is 13.0. The SMILES string of the molecule is Cc1ccc(C(=O)COc2cc(C)cc3oc(=O)c4c(c23)CCC4)cc1. The fraction of sp³-hybridized carbons (Fsp3) is 0.273. The van der Waals surface area contributed by atoms with Gasteiger partial charge in [-0.25, -0.2) is 4.79 Å². The Balaban J connectivity index is 1.70. The third-order valence-electron chi connectivity index (χ3n) is 4.91. The van der Waals surface area contributed by atoms with Crippen LogP contribution in [0, 0.1) is 13.8 Å². The van der Waals surface area contributed by atoms with Gasteiger partial charge in [0.2, 0.25) is 0 Å². The standard InChI is InChI=1S/C22H20O4/c1-13-6-8-15(9-7-13)18(23)12-25-19-10-14(2)11-20-21(19)16-4-3-5-17(16)22(24)26-20/h6-11H,3-5,12H2,1-2H3. The molecule has 1 aliphatic carbocycles. The smallest absolute Gasteiger partial charge is 0.339 e. The highest BCUT2D eigenvalue weighted by Crippen LogP contribution is 2.35. The number of fused-ring (bicyclic) bond motifs is 3. The van der Waals surface area contributed by atoms with Crippen LogP contribution in [0.2, 0.25) is 0 Å². The molecule has 0 atom stereocenters. The molecular formula is C22H20O4. The molecule has 0 amide bonds. The van der Waals surface area contributed by atoms with Gasteiger partial charge in [0.25, 0.3) is 0 Å². The van der Waals surface area contributed by atoms with E-state index in [-0.39, 0.29) is 18.0 Å². The molecule has 0 unspecified atom stereocenters. The Kier molecular flexibility index (Phi) is 4.11. The second-order valence-corrected chi connectivity index (χ2v) is 6.91. The molecule has 3 aromatic rings. The third kappa shape index (κ3) is 2.92. The highest BCUT2D eigenvalue weighted by atomic mass is 16.5. The number of ether oxygens (including phenoxy) is 1. The van der Waals surface area contributed by atoms with E-state index in [0.29, 0.717) is 16.9 Å². The fourth-order valence-corrected chi connectivity index (χ4v) is 3.59. The first-order valence-corrected chi connectivity index (χ1v) is 8.85. The van der Waals surface area contributed by atoms with Crippen LogP contribution in [0.3, 0.4) is 0 Å². The van der Waals surface area contributed by atoms with E-state index in [1.54, 1.807) is 0 Å². The quantitative estimate of drug-likeness (QED) is 0.525. The summed E-state index contributed by atoms with van der Waals surface area (Å²) in [5, 5.41) is 0.833. The van der Waals surface area contributed by atoms with E-state index in [9.17, 15) is 9.59 Å². The summed E-state index contributed by atoms with van der Waals surface area (Å²) in [6.07, 6.45) is 2.51. The molecule has 0 bridgehead atoms. The van der Waals surface area contributed by atoms with Crippen LogP contribution in [0.15, 0.2) is 45.6 Å². The topological polar surface area (TPSA) is 56.5 Å². The van der Waals surface area contributed by atoms with Crippen molar-refractivity contribution in [2.75, 3.05) is 6.61 Å². The summed E-state index contributed by atoms with van der Waals surface area (Å²) in [7, 11) is 0. The molecule has 1 aromatic heterocycles. The minimum Gasteiger partial charge on any atom is -0.485 e. The van der Waals surface area contributed by atoms with E-state index < -0.39 is 0 Å². The zero-order valence-electron chi connectivity index (χ0n) is 14.9. The van der Waals surface area contributed by atoms with Gasteiger partial charge in [-0.05, 0) is 56.4 Å². The summed E-state index contributed by atoms with van der Waals surface area (Å²) in [4.78, 5) is 24.6. The fourth-order valence-electron chi connectivity index (χ4n) is 3.59. The number of hydrogen-bond donors (Lipinski definition) is 0. The molecule has 0 spiro atoms. The van der Waals surface area contributed by atoms with Crippen LogP contribution in [0.25, 0.3) is 11.0 Å². The van der Waals surface area contributed by atoms with Gasteiger partial charge in [0.05, 0.1) is 5.39 Å². The summed E-state index contributed by atoms with van der Waals surface area (Å²) >= 11 is 0. The van der Waals surface area contributed by atoms with Crippen molar-refractivity contribution in [3.05, 3.63) is 74.6 Å². The Morgan fingerprint density at radius 2 is 1.77 bits per heavy atom. The molecule has 0 N–H and O–H groups in total. The average molecular weight is 348 g/mol. The molecular weight excluding hydrogens is 328 g/mol. The van der Waals surface area contributed by atoms with Crippen molar-refractivity contribution in [3.63, 3.8) is 0 Å². The molecule has 1 heterocycles. The maximum absolute atomic E-state index is 12.4. The number of ketones is 1. The van der Waals surface area contributed by atoms with Gasteiger partial charge in [-0.15, -0.1) is 0 Å². The van der Waals surface area contributed by atoms with Crippen molar-refractivity contribution in [1.29, 1.82) is 0 Å². The number of benzene rings is 2. The number of carbonyl (C=O) groups is 1. The second kappa shape index (κ2) is 6.45. The number of hydrogen-bond acceptors (Lipinski definition) is 4. The molecule has 132 valence electrons. The van der Waals surface area contributed by atoms with E-state index in [2.05, 4.69) is 0 Å². The van der Waals surface area contributed by atoms with Crippen LogP contribution in [0.4, 0.5) is 0 Å². The Hall–Kier alpha value is -2.88. The molecule has 0 radical (unpaired) electrons. The number of rotatable bonds is 4. The highest BCUT2D eigenvalue weighted by molar-refractivity contribution is 5.97. The van der Waals surface area contributed by atoms with E-state index >= 15 is 0 Å². The van der Waals surface area contributed by atoms with Gasteiger partial charge in [-0.1, -0.05) is 29.8 Å². The molecule has 26 heavy (non-hydrogen) atoms. The van der Waals surface area contributed by atoms with E-state index in [1.165, 1.54) is 0 Å². The van der Waals surface area contributed by atoms with Gasteiger partial charge < -0.3 is 9.15 Å². The Labute approximate surface area is 151 Å². The first kappa shape index (κ1) is 16.6. The van der Waals surface area contributed by atoms with Gasteiger partial charge in [-0.2, -0.15) is 0 Å². The molecule has 0 saturated heterocycles. The summed E-state index contributed by atoms with van der Waals surface area (Å²) in [6, 6.07) is 11.2. The zero-order valence-corrected chi connectivity index (χ0v) is 14.9. The van der Waals surface area contributed by atoms with E-state index in [0.717, 1.165) is 46.9 Å². The summed E-state index contributed by atoms with van der Waals surface area (Å²) in [6.45, 7) is 3.86. The summed E-state index contributed by atoms with van der Waals surface area (Å²) < 4.78 is 11.4. The maximum atomic E-state index is 12.4. The van der Waals surface area contributed by atoms with Gasteiger partial charge >= 0.3 is 5.63 Å². The van der Waals surface area contributed by atoms with Crippen molar-refractivity contribution in [1.82, 2.24) is 0 Å². The zero-order chi connectivity index (χ0) is 18.3. The minimum absolute atomic E-state index is 0.0461.